The lowest BCUT2D eigenvalue weighted by Crippen LogP contribution is -2.63. The van der Waals surface area contributed by atoms with Gasteiger partial charge in [0.15, 0.2) is 5.72 Å². The summed E-state index contributed by atoms with van der Waals surface area (Å²) in [7, 11) is 8.18. The van der Waals surface area contributed by atoms with E-state index in [2.05, 4.69) is 5.32 Å². The van der Waals surface area contributed by atoms with Gasteiger partial charge in [0.05, 0.1) is 19.2 Å². The molecule has 1 saturated heterocycles. The highest BCUT2D eigenvalue weighted by molar-refractivity contribution is 6.35. The van der Waals surface area contributed by atoms with Crippen LogP contribution >= 0.6 is 11.6 Å². The van der Waals surface area contributed by atoms with Gasteiger partial charge in [-0.05, 0) is 63.9 Å². The molecular formula is C35H52ClN3O8. The Bertz CT molecular complexity index is 1380. The zero-order valence-electron chi connectivity index (χ0n) is 29.5. The molecule has 11 nitrogen and oxygen atoms in total. The van der Waals surface area contributed by atoms with Crippen molar-refractivity contribution < 1.29 is 38.4 Å². The number of halogens is 1. The average molecular weight is 678 g/mol. The Morgan fingerprint density at radius 3 is 2.47 bits per heavy atom. The number of carbonyl (C=O) groups excluding carboxylic acids is 3. The molecule has 2 amide bonds. The fourth-order valence-electron chi connectivity index (χ4n) is 6.12. The number of methoxy groups -OCH3 is 2. The second kappa shape index (κ2) is 15.4. The number of amides is 2. The Labute approximate surface area is 284 Å². The number of benzene rings is 1. The molecule has 1 aromatic rings. The molecule has 4 bridgehead atoms. The zero-order valence-corrected chi connectivity index (χ0v) is 30.3. The van der Waals surface area contributed by atoms with Crippen LogP contribution in [0, 0.1) is 17.3 Å². The summed E-state index contributed by atoms with van der Waals surface area (Å²) < 4.78 is 23.1. The van der Waals surface area contributed by atoms with Crippen LogP contribution < -0.4 is 15.0 Å². The maximum atomic E-state index is 14.1. The van der Waals surface area contributed by atoms with Crippen LogP contribution in [0.3, 0.4) is 0 Å². The summed E-state index contributed by atoms with van der Waals surface area (Å²) in [6, 6.07) is 3.11. The monoisotopic (exact) mass is 677 g/mol. The van der Waals surface area contributed by atoms with E-state index in [9.17, 15) is 19.5 Å². The highest BCUT2D eigenvalue weighted by Gasteiger charge is 2.50. The minimum atomic E-state index is -1.75. The van der Waals surface area contributed by atoms with Crippen LogP contribution in [0.2, 0.25) is 5.02 Å². The van der Waals surface area contributed by atoms with Gasteiger partial charge < -0.3 is 29.0 Å². The molecular weight excluding hydrogens is 626 g/mol. The molecule has 0 saturated carbocycles. The van der Waals surface area contributed by atoms with E-state index in [1.807, 2.05) is 52.8 Å². The van der Waals surface area contributed by atoms with Crippen LogP contribution in [0.4, 0.5) is 10.5 Å². The summed E-state index contributed by atoms with van der Waals surface area (Å²) in [6.07, 6.45) is 2.54. The van der Waals surface area contributed by atoms with Crippen molar-refractivity contribution >= 4 is 35.3 Å². The van der Waals surface area contributed by atoms with Gasteiger partial charge in [-0.2, -0.15) is 0 Å². The van der Waals surface area contributed by atoms with Crippen molar-refractivity contribution in [3.63, 3.8) is 0 Å². The third kappa shape index (κ3) is 8.68. The van der Waals surface area contributed by atoms with Gasteiger partial charge in [0.1, 0.15) is 35.1 Å². The number of carbonyl (C=O) groups is 3. The number of nitrogens with one attached hydrogen (secondary N) is 1. The lowest BCUT2D eigenvalue weighted by Gasteiger charge is -2.47. The number of likely N-dealkylation sites (N-methyl/N-ethyl adjacent to an activating group) is 1. The van der Waals surface area contributed by atoms with E-state index >= 15 is 0 Å². The molecule has 7 unspecified atom stereocenters. The molecule has 0 spiro atoms. The second-order valence-corrected chi connectivity index (χ2v) is 14.1. The summed E-state index contributed by atoms with van der Waals surface area (Å²) >= 11 is 6.75. The van der Waals surface area contributed by atoms with Crippen molar-refractivity contribution in [2.75, 3.05) is 40.3 Å². The van der Waals surface area contributed by atoms with Crippen molar-refractivity contribution in [3.05, 3.63) is 46.5 Å². The van der Waals surface area contributed by atoms with E-state index < -0.39 is 47.6 Å². The van der Waals surface area contributed by atoms with Gasteiger partial charge in [-0.1, -0.05) is 63.1 Å². The number of esters is 1. The summed E-state index contributed by atoms with van der Waals surface area (Å²) in [4.78, 5) is 43.5. The van der Waals surface area contributed by atoms with Crippen LogP contribution in [0.5, 0.6) is 5.75 Å². The van der Waals surface area contributed by atoms with Crippen molar-refractivity contribution in [2.45, 2.75) is 90.9 Å². The number of nitrogens with zero attached hydrogens (tertiary/aromatic N) is 2. The van der Waals surface area contributed by atoms with Crippen LogP contribution in [-0.2, 0) is 30.2 Å². The van der Waals surface area contributed by atoms with E-state index in [1.54, 1.807) is 45.1 Å². The number of alkyl carbamates (subject to hydrolysis) is 1. The number of allylic oxidation sites excluding steroid dienone is 3. The van der Waals surface area contributed by atoms with Crippen molar-refractivity contribution in [1.82, 2.24) is 10.2 Å². The summed E-state index contributed by atoms with van der Waals surface area (Å²) in [6.45, 7) is 11.5. The van der Waals surface area contributed by atoms with Crippen molar-refractivity contribution in [2.24, 2.45) is 17.3 Å². The first-order valence-electron chi connectivity index (χ1n) is 15.9. The first-order valence-corrected chi connectivity index (χ1v) is 16.3. The first kappa shape index (κ1) is 38.3. The minimum Gasteiger partial charge on any atom is -0.495 e. The summed E-state index contributed by atoms with van der Waals surface area (Å²) in [5.74, 6) is -0.965. The van der Waals surface area contributed by atoms with Gasteiger partial charge in [-0.3, -0.25) is 19.8 Å². The predicted molar refractivity (Wildman–Crippen MR) is 182 cm³/mol. The molecule has 12 heteroatoms. The number of hydrogen-bond acceptors (Lipinski definition) is 9. The van der Waals surface area contributed by atoms with Crippen LogP contribution in [0.1, 0.15) is 59.9 Å². The highest BCUT2D eigenvalue weighted by Crippen LogP contribution is 2.43. The summed E-state index contributed by atoms with van der Waals surface area (Å²) in [5, 5.41) is 14.6. The Morgan fingerprint density at radius 2 is 1.87 bits per heavy atom. The van der Waals surface area contributed by atoms with E-state index in [-0.39, 0.29) is 35.6 Å². The Morgan fingerprint density at radius 1 is 1.21 bits per heavy atom. The minimum absolute atomic E-state index is 0.0415. The number of rotatable bonds is 5. The zero-order chi connectivity index (χ0) is 35.4. The molecule has 2 N–H and O–H groups in total. The third-order valence-corrected chi connectivity index (χ3v) is 10.5. The maximum Gasteiger partial charge on any atom is 0.409 e. The number of hydrogen-bond donors (Lipinski definition) is 2. The van der Waals surface area contributed by atoms with Gasteiger partial charge in [0.2, 0.25) is 5.91 Å². The quantitative estimate of drug-likeness (QED) is 0.408. The molecule has 2 heterocycles. The van der Waals surface area contributed by atoms with Crippen molar-refractivity contribution in [3.8, 4) is 5.75 Å². The lowest BCUT2D eigenvalue weighted by atomic mass is 9.66. The molecule has 7 atom stereocenters. The number of ether oxygens (including phenoxy) is 4. The molecule has 3 rings (SSSR count). The Hall–Kier alpha value is -3.12. The second-order valence-electron chi connectivity index (χ2n) is 13.8. The molecule has 2 aliphatic heterocycles. The molecule has 1 aromatic carbocycles. The fraction of sp³-hybridized carbons (Fsp3) is 0.629. The highest BCUT2D eigenvalue weighted by atomic mass is 35.5. The van der Waals surface area contributed by atoms with Gasteiger partial charge in [0, 0.05) is 26.0 Å². The predicted octanol–water partition coefficient (Wildman–Crippen LogP) is 5.12. The SMILES string of the molecule is COc1cc2cc(c1Cl)N(C)C(=O)CC(OC(=O)C(C)N(C)C)C(C)(C)C(C)C(C)C1CC(O)(NC(=O)O1)C(OC)C=CC=C(C)C2. The van der Waals surface area contributed by atoms with Gasteiger partial charge >= 0.3 is 12.1 Å². The van der Waals surface area contributed by atoms with Crippen LogP contribution in [-0.4, -0.2) is 93.4 Å². The van der Waals surface area contributed by atoms with E-state index in [4.69, 9.17) is 30.5 Å². The summed E-state index contributed by atoms with van der Waals surface area (Å²) in [5.41, 5.74) is -0.274. The fourth-order valence-corrected chi connectivity index (χ4v) is 6.43. The van der Waals surface area contributed by atoms with E-state index in [0.717, 1.165) is 11.1 Å². The average Bonchev–Trinajstić information content (AvgIpc) is 3.00. The lowest BCUT2D eigenvalue weighted by molar-refractivity contribution is -0.168. The number of anilines is 1. The molecule has 262 valence electrons. The third-order valence-electron chi connectivity index (χ3n) is 10.1. The smallest absolute Gasteiger partial charge is 0.409 e. The molecule has 1 fully saturated rings. The van der Waals surface area contributed by atoms with E-state index in [1.165, 1.54) is 19.1 Å². The number of fused-ring (bicyclic) bond motifs is 4. The van der Waals surface area contributed by atoms with Gasteiger partial charge in [-0.25, -0.2) is 4.79 Å². The largest absolute Gasteiger partial charge is 0.495 e. The Kier molecular flexibility index (Phi) is 12.6. The molecule has 0 aromatic heterocycles. The maximum absolute atomic E-state index is 14.1. The molecule has 2 aliphatic rings. The topological polar surface area (TPSA) is 127 Å². The standard InChI is InChI=1S/C35H52ClN3O8/c1-20-13-12-14-28(45-11)35(43)19-27(46-33(42)37-35)21(2)22(3)34(5,6)29(47-32(41)23(4)38(7)8)18-30(40)39(9)25-16-24(15-20)17-26(44-10)31(25)36/h12-14,16-17,21-23,27-29,43H,15,18-19H2,1-11H3,(H,37,42). The molecule has 0 radical (unpaired) electrons. The van der Waals surface area contributed by atoms with Crippen molar-refractivity contribution in [1.29, 1.82) is 0 Å². The number of aliphatic hydroxyl groups is 1. The van der Waals surface area contributed by atoms with Gasteiger partial charge in [0.25, 0.3) is 0 Å². The van der Waals surface area contributed by atoms with E-state index in [0.29, 0.717) is 17.9 Å². The van der Waals surface area contributed by atoms with Gasteiger partial charge in [-0.15, -0.1) is 0 Å². The molecule has 47 heavy (non-hydrogen) atoms. The van der Waals surface area contributed by atoms with Crippen LogP contribution in [0.25, 0.3) is 0 Å². The first-order chi connectivity index (χ1) is 21.9. The van der Waals surface area contributed by atoms with Crippen LogP contribution in [0.15, 0.2) is 35.9 Å². The normalized spacial score (nSPS) is 29.4. The molecule has 0 aliphatic carbocycles. The Balaban J connectivity index is 2.19.